The highest BCUT2D eigenvalue weighted by molar-refractivity contribution is 7.91. The van der Waals surface area contributed by atoms with Gasteiger partial charge in [0.25, 0.3) is 0 Å². The predicted octanol–water partition coefficient (Wildman–Crippen LogP) is 1.22. The summed E-state index contributed by atoms with van der Waals surface area (Å²) in [5.74, 6) is 1.84. The van der Waals surface area contributed by atoms with Crippen molar-refractivity contribution in [2.24, 2.45) is 0 Å². The van der Waals surface area contributed by atoms with E-state index in [9.17, 15) is 8.42 Å². The lowest BCUT2D eigenvalue weighted by Gasteiger charge is -2.11. The topological polar surface area (TPSA) is 106 Å². The molecule has 1 aliphatic rings. The molecule has 0 bridgehead atoms. The van der Waals surface area contributed by atoms with E-state index in [2.05, 4.69) is 25.8 Å². The zero-order chi connectivity index (χ0) is 16.3. The Kier molecular flexibility index (Phi) is 4.28. The molecule has 1 atom stereocenters. The van der Waals surface area contributed by atoms with E-state index >= 15 is 0 Å². The maximum Gasteiger partial charge on any atom is 0.244 e. The van der Waals surface area contributed by atoms with Gasteiger partial charge in [-0.3, -0.25) is 0 Å². The SMILES string of the molecule is COc1cccc(Nc2cnnc(NC3CCS(=O)(=O)C3)n2)c1. The number of hydrogen-bond donors (Lipinski definition) is 2. The number of aromatic nitrogens is 3. The summed E-state index contributed by atoms with van der Waals surface area (Å²) in [4.78, 5) is 4.30. The van der Waals surface area contributed by atoms with Crippen LogP contribution in [0.25, 0.3) is 0 Å². The standard InChI is InChI=1S/C14H17N5O3S/c1-22-12-4-2-3-10(7-12)16-13-8-15-19-14(18-13)17-11-5-6-23(20,21)9-11/h2-4,7-8,11H,5-6,9H2,1H3,(H2,16,17,18,19). The molecule has 3 rings (SSSR count). The van der Waals surface area contributed by atoms with Crippen molar-refractivity contribution in [1.82, 2.24) is 15.2 Å². The van der Waals surface area contributed by atoms with E-state index in [4.69, 9.17) is 4.74 Å². The second-order valence-corrected chi connectivity index (χ2v) is 7.50. The van der Waals surface area contributed by atoms with Crippen molar-refractivity contribution in [3.8, 4) is 5.75 Å². The van der Waals surface area contributed by atoms with Gasteiger partial charge in [-0.05, 0) is 18.6 Å². The number of nitrogens with one attached hydrogen (secondary N) is 2. The largest absolute Gasteiger partial charge is 0.497 e. The molecule has 2 N–H and O–H groups in total. The molecule has 2 aromatic rings. The van der Waals surface area contributed by atoms with Crippen LogP contribution < -0.4 is 15.4 Å². The lowest BCUT2D eigenvalue weighted by molar-refractivity contribution is 0.415. The molecular formula is C14H17N5O3S. The van der Waals surface area contributed by atoms with E-state index in [0.717, 1.165) is 11.4 Å². The average Bonchev–Trinajstić information content (AvgIpc) is 2.86. The van der Waals surface area contributed by atoms with Gasteiger partial charge in [-0.15, -0.1) is 5.10 Å². The number of benzene rings is 1. The summed E-state index contributed by atoms with van der Waals surface area (Å²) in [6.07, 6.45) is 2.05. The first kappa shape index (κ1) is 15.5. The first-order chi connectivity index (χ1) is 11.0. The van der Waals surface area contributed by atoms with E-state index in [1.165, 1.54) is 6.20 Å². The molecule has 122 valence electrons. The Morgan fingerprint density at radius 2 is 2.22 bits per heavy atom. The van der Waals surface area contributed by atoms with Gasteiger partial charge in [0.1, 0.15) is 5.75 Å². The molecule has 0 amide bonds. The molecule has 1 saturated heterocycles. The summed E-state index contributed by atoms with van der Waals surface area (Å²) in [5.41, 5.74) is 0.805. The van der Waals surface area contributed by atoms with Crippen LogP contribution >= 0.6 is 0 Å². The van der Waals surface area contributed by atoms with Gasteiger partial charge in [0.15, 0.2) is 15.7 Å². The molecule has 8 nitrogen and oxygen atoms in total. The van der Waals surface area contributed by atoms with Crippen LogP contribution in [-0.4, -0.2) is 48.3 Å². The third-order valence-electron chi connectivity index (χ3n) is 3.47. The number of nitrogens with zero attached hydrogens (tertiary/aromatic N) is 3. The lowest BCUT2D eigenvalue weighted by Crippen LogP contribution is -2.22. The van der Waals surface area contributed by atoms with E-state index in [0.29, 0.717) is 18.2 Å². The smallest absolute Gasteiger partial charge is 0.244 e. The van der Waals surface area contributed by atoms with Crippen molar-refractivity contribution < 1.29 is 13.2 Å². The molecule has 1 aromatic heterocycles. The Labute approximate surface area is 134 Å². The second-order valence-electron chi connectivity index (χ2n) is 5.27. The van der Waals surface area contributed by atoms with Crippen molar-refractivity contribution >= 4 is 27.3 Å². The first-order valence-corrected chi connectivity index (χ1v) is 8.94. The number of rotatable bonds is 5. The van der Waals surface area contributed by atoms with Crippen molar-refractivity contribution in [3.05, 3.63) is 30.5 Å². The number of sulfone groups is 1. The Balaban J connectivity index is 1.70. The molecule has 23 heavy (non-hydrogen) atoms. The van der Waals surface area contributed by atoms with Crippen molar-refractivity contribution in [3.63, 3.8) is 0 Å². The summed E-state index contributed by atoms with van der Waals surface area (Å²) in [6, 6.07) is 7.24. The maximum absolute atomic E-state index is 11.5. The van der Waals surface area contributed by atoms with Gasteiger partial charge >= 0.3 is 0 Å². The van der Waals surface area contributed by atoms with E-state index < -0.39 is 9.84 Å². The fraction of sp³-hybridized carbons (Fsp3) is 0.357. The van der Waals surface area contributed by atoms with Gasteiger partial charge in [0, 0.05) is 17.8 Å². The van der Waals surface area contributed by atoms with Gasteiger partial charge in [-0.1, -0.05) is 6.07 Å². The van der Waals surface area contributed by atoms with Crippen LogP contribution in [-0.2, 0) is 9.84 Å². The summed E-state index contributed by atoms with van der Waals surface area (Å²) in [5, 5.41) is 13.9. The minimum absolute atomic E-state index is 0.101. The third-order valence-corrected chi connectivity index (χ3v) is 5.23. The highest BCUT2D eigenvalue weighted by Crippen LogP contribution is 2.20. The van der Waals surface area contributed by atoms with Crippen LogP contribution in [0.4, 0.5) is 17.5 Å². The summed E-state index contributed by atoms with van der Waals surface area (Å²) in [7, 11) is -1.35. The molecule has 1 aliphatic heterocycles. The van der Waals surface area contributed by atoms with Crippen LogP contribution in [0.3, 0.4) is 0 Å². The molecule has 1 fully saturated rings. The van der Waals surface area contributed by atoms with Gasteiger partial charge < -0.3 is 15.4 Å². The highest BCUT2D eigenvalue weighted by Gasteiger charge is 2.28. The van der Waals surface area contributed by atoms with Gasteiger partial charge in [0.2, 0.25) is 5.95 Å². The van der Waals surface area contributed by atoms with Crippen LogP contribution in [0, 0.1) is 0 Å². The zero-order valence-electron chi connectivity index (χ0n) is 12.6. The van der Waals surface area contributed by atoms with E-state index in [1.54, 1.807) is 7.11 Å². The third kappa shape index (κ3) is 4.07. The minimum atomic E-state index is -2.95. The van der Waals surface area contributed by atoms with Crippen LogP contribution in [0.5, 0.6) is 5.75 Å². The summed E-state index contributed by atoms with van der Waals surface area (Å²) < 4.78 is 28.1. The Morgan fingerprint density at radius 3 is 2.96 bits per heavy atom. The molecule has 0 spiro atoms. The van der Waals surface area contributed by atoms with E-state index in [1.807, 2.05) is 24.3 Å². The number of anilines is 3. The zero-order valence-corrected chi connectivity index (χ0v) is 13.4. The molecular weight excluding hydrogens is 318 g/mol. The quantitative estimate of drug-likeness (QED) is 0.840. The first-order valence-electron chi connectivity index (χ1n) is 7.12. The van der Waals surface area contributed by atoms with Crippen molar-refractivity contribution in [2.75, 3.05) is 29.2 Å². The Bertz CT molecular complexity index is 797. The minimum Gasteiger partial charge on any atom is -0.497 e. The van der Waals surface area contributed by atoms with Crippen LogP contribution in [0.15, 0.2) is 30.5 Å². The Morgan fingerprint density at radius 1 is 1.35 bits per heavy atom. The highest BCUT2D eigenvalue weighted by atomic mass is 32.2. The van der Waals surface area contributed by atoms with Crippen LogP contribution in [0.2, 0.25) is 0 Å². The number of hydrogen-bond acceptors (Lipinski definition) is 8. The normalized spacial score (nSPS) is 19.3. The maximum atomic E-state index is 11.5. The lowest BCUT2D eigenvalue weighted by atomic mass is 10.3. The monoisotopic (exact) mass is 335 g/mol. The molecule has 0 saturated carbocycles. The van der Waals surface area contributed by atoms with Crippen molar-refractivity contribution in [1.29, 1.82) is 0 Å². The molecule has 2 heterocycles. The molecule has 0 aliphatic carbocycles. The number of methoxy groups -OCH3 is 1. The summed E-state index contributed by atoms with van der Waals surface area (Å²) in [6.45, 7) is 0. The van der Waals surface area contributed by atoms with Gasteiger partial charge in [-0.2, -0.15) is 10.1 Å². The average molecular weight is 335 g/mol. The second kappa shape index (κ2) is 6.37. The number of ether oxygens (including phenoxy) is 1. The molecule has 9 heteroatoms. The Hall–Kier alpha value is -2.42. The molecule has 1 unspecified atom stereocenters. The predicted molar refractivity (Wildman–Crippen MR) is 86.8 cm³/mol. The fourth-order valence-corrected chi connectivity index (χ4v) is 4.04. The molecule has 0 radical (unpaired) electrons. The van der Waals surface area contributed by atoms with Gasteiger partial charge in [0.05, 0.1) is 24.8 Å². The van der Waals surface area contributed by atoms with E-state index in [-0.39, 0.29) is 17.5 Å². The fourth-order valence-electron chi connectivity index (χ4n) is 2.37. The molecule has 1 aromatic carbocycles. The van der Waals surface area contributed by atoms with Crippen LogP contribution in [0.1, 0.15) is 6.42 Å². The van der Waals surface area contributed by atoms with Crippen molar-refractivity contribution in [2.45, 2.75) is 12.5 Å². The summed E-state index contributed by atoms with van der Waals surface area (Å²) >= 11 is 0. The van der Waals surface area contributed by atoms with Gasteiger partial charge in [-0.25, -0.2) is 8.42 Å².